The average Bonchev–Trinajstić information content (AvgIpc) is 2.65. The number of piperidine rings is 1. The minimum absolute atomic E-state index is 0.199. The molecule has 0 radical (unpaired) electrons. The molecule has 0 unspecified atom stereocenters. The van der Waals surface area contributed by atoms with Crippen molar-refractivity contribution >= 4 is 11.9 Å². The highest BCUT2D eigenvalue weighted by Gasteiger charge is 2.38. The predicted octanol–water partition coefficient (Wildman–Crippen LogP) is 1.90. The molecule has 0 amide bonds. The van der Waals surface area contributed by atoms with Gasteiger partial charge in [0.15, 0.2) is 5.96 Å². The highest BCUT2D eigenvalue weighted by Crippen LogP contribution is 2.35. The zero-order chi connectivity index (χ0) is 17.3. The summed E-state index contributed by atoms with van der Waals surface area (Å²) in [5, 5.41) is 6.73. The van der Waals surface area contributed by atoms with Crippen molar-refractivity contribution in [3.8, 4) is 0 Å². The fourth-order valence-electron chi connectivity index (χ4n) is 4.04. The Kier molecular flexibility index (Phi) is 7.82. The van der Waals surface area contributed by atoms with Crippen LogP contribution in [-0.2, 0) is 9.53 Å². The first-order chi connectivity index (χ1) is 11.7. The van der Waals surface area contributed by atoms with Gasteiger partial charge in [0.1, 0.15) is 0 Å². The van der Waals surface area contributed by atoms with E-state index in [1.807, 2.05) is 0 Å². The molecule has 6 heteroatoms. The molecule has 0 aromatic heterocycles. The smallest absolute Gasteiger partial charge is 0.307 e. The summed E-state index contributed by atoms with van der Waals surface area (Å²) in [6.07, 6.45) is 11.0. The van der Waals surface area contributed by atoms with E-state index in [0.717, 1.165) is 12.5 Å². The normalized spacial score (nSPS) is 22.0. The van der Waals surface area contributed by atoms with E-state index in [9.17, 15) is 4.79 Å². The van der Waals surface area contributed by atoms with Gasteiger partial charge >= 0.3 is 5.97 Å². The number of likely N-dealkylation sites (tertiary alicyclic amines) is 1. The summed E-state index contributed by atoms with van der Waals surface area (Å²) in [5.41, 5.74) is 0.276. The van der Waals surface area contributed by atoms with Gasteiger partial charge in [-0.2, -0.15) is 0 Å². The summed E-state index contributed by atoms with van der Waals surface area (Å²) in [6.45, 7) is 3.94. The van der Waals surface area contributed by atoms with Crippen LogP contribution in [0, 0.1) is 0 Å². The molecule has 2 rings (SSSR count). The number of guanidine groups is 1. The van der Waals surface area contributed by atoms with Crippen LogP contribution < -0.4 is 10.6 Å². The summed E-state index contributed by atoms with van der Waals surface area (Å²) < 4.78 is 4.67. The molecule has 2 N–H and O–H groups in total. The minimum atomic E-state index is -0.199. The molecule has 0 aromatic carbocycles. The van der Waals surface area contributed by atoms with Crippen LogP contribution >= 0.6 is 0 Å². The standard InChI is InChI=1S/C18H34N4O2/c1-19-17(20-12-9-16(23)24-2)21-15-18(10-5-3-6-11-18)22-13-7-4-8-14-22/h3-15H2,1-2H3,(H2,19,20,21). The molecule has 1 aliphatic heterocycles. The summed E-state index contributed by atoms with van der Waals surface area (Å²) >= 11 is 0. The fourth-order valence-corrected chi connectivity index (χ4v) is 4.04. The molecule has 2 aliphatic rings. The number of esters is 1. The Morgan fingerprint density at radius 2 is 1.75 bits per heavy atom. The third kappa shape index (κ3) is 5.36. The van der Waals surface area contributed by atoms with Gasteiger partial charge in [0.2, 0.25) is 0 Å². The lowest BCUT2D eigenvalue weighted by atomic mass is 9.79. The number of hydrogen-bond acceptors (Lipinski definition) is 4. The summed E-state index contributed by atoms with van der Waals surface area (Å²) in [6, 6.07) is 0. The maximum atomic E-state index is 11.2. The van der Waals surface area contributed by atoms with Gasteiger partial charge in [0.05, 0.1) is 13.5 Å². The second-order valence-corrected chi connectivity index (χ2v) is 7.01. The monoisotopic (exact) mass is 338 g/mol. The molecular formula is C18H34N4O2. The van der Waals surface area contributed by atoms with Crippen molar-refractivity contribution in [3.63, 3.8) is 0 Å². The highest BCUT2D eigenvalue weighted by atomic mass is 16.5. The zero-order valence-electron chi connectivity index (χ0n) is 15.4. The van der Waals surface area contributed by atoms with Gasteiger partial charge in [-0.1, -0.05) is 25.7 Å². The third-order valence-corrected chi connectivity index (χ3v) is 5.47. The van der Waals surface area contributed by atoms with Crippen molar-refractivity contribution in [1.82, 2.24) is 15.5 Å². The first-order valence-electron chi connectivity index (χ1n) is 9.46. The van der Waals surface area contributed by atoms with Crippen molar-refractivity contribution in [2.75, 3.05) is 40.3 Å². The van der Waals surface area contributed by atoms with Crippen LogP contribution in [0.5, 0.6) is 0 Å². The molecule has 0 spiro atoms. The van der Waals surface area contributed by atoms with E-state index in [0.29, 0.717) is 13.0 Å². The van der Waals surface area contributed by atoms with Gasteiger partial charge in [0.25, 0.3) is 0 Å². The van der Waals surface area contributed by atoms with Crippen molar-refractivity contribution < 1.29 is 9.53 Å². The summed E-state index contributed by atoms with van der Waals surface area (Å²) in [7, 11) is 3.20. The average molecular weight is 338 g/mol. The number of nitrogens with zero attached hydrogens (tertiary/aromatic N) is 2. The second kappa shape index (κ2) is 9.87. The number of nitrogens with one attached hydrogen (secondary N) is 2. The number of ether oxygens (including phenoxy) is 1. The van der Waals surface area contributed by atoms with E-state index in [1.54, 1.807) is 7.05 Å². The van der Waals surface area contributed by atoms with Gasteiger partial charge in [-0.05, 0) is 38.8 Å². The maximum absolute atomic E-state index is 11.2. The largest absolute Gasteiger partial charge is 0.469 e. The lowest BCUT2D eigenvalue weighted by Crippen LogP contribution is -2.59. The SMILES string of the molecule is CN=C(NCCC(=O)OC)NCC1(N2CCCCC2)CCCCC1. The van der Waals surface area contributed by atoms with Crippen LogP contribution in [0.1, 0.15) is 57.8 Å². The molecule has 24 heavy (non-hydrogen) atoms. The van der Waals surface area contributed by atoms with Gasteiger partial charge in [-0.15, -0.1) is 0 Å². The first-order valence-corrected chi connectivity index (χ1v) is 9.46. The van der Waals surface area contributed by atoms with Gasteiger partial charge < -0.3 is 15.4 Å². The van der Waals surface area contributed by atoms with Crippen LogP contribution in [0.3, 0.4) is 0 Å². The van der Waals surface area contributed by atoms with Crippen LogP contribution in [0.2, 0.25) is 0 Å². The van der Waals surface area contributed by atoms with E-state index >= 15 is 0 Å². The van der Waals surface area contributed by atoms with Crippen LogP contribution in [0.4, 0.5) is 0 Å². The Morgan fingerprint density at radius 3 is 2.38 bits per heavy atom. The molecule has 0 bridgehead atoms. The number of carbonyl (C=O) groups excluding carboxylic acids is 1. The fraction of sp³-hybridized carbons (Fsp3) is 0.889. The maximum Gasteiger partial charge on any atom is 0.307 e. The molecular weight excluding hydrogens is 304 g/mol. The molecule has 6 nitrogen and oxygen atoms in total. The first kappa shape index (κ1) is 19.0. The topological polar surface area (TPSA) is 66.0 Å². The Labute approximate surface area is 146 Å². The van der Waals surface area contributed by atoms with Gasteiger partial charge in [-0.3, -0.25) is 14.7 Å². The second-order valence-electron chi connectivity index (χ2n) is 7.01. The molecule has 1 aliphatic carbocycles. The Morgan fingerprint density at radius 1 is 1.08 bits per heavy atom. The predicted molar refractivity (Wildman–Crippen MR) is 97.2 cm³/mol. The summed E-state index contributed by atoms with van der Waals surface area (Å²) in [4.78, 5) is 18.2. The molecule has 1 heterocycles. The van der Waals surface area contributed by atoms with Gasteiger partial charge in [-0.25, -0.2) is 0 Å². The quantitative estimate of drug-likeness (QED) is 0.440. The van der Waals surface area contributed by atoms with Crippen LogP contribution in [0.25, 0.3) is 0 Å². The van der Waals surface area contributed by atoms with E-state index in [2.05, 4.69) is 25.3 Å². The number of methoxy groups -OCH3 is 1. The van der Waals surface area contributed by atoms with E-state index in [4.69, 9.17) is 0 Å². The lowest BCUT2D eigenvalue weighted by Gasteiger charge is -2.48. The zero-order valence-corrected chi connectivity index (χ0v) is 15.4. The lowest BCUT2D eigenvalue weighted by molar-refractivity contribution is -0.140. The molecule has 1 saturated heterocycles. The number of carbonyl (C=O) groups is 1. The number of rotatable bonds is 6. The van der Waals surface area contributed by atoms with E-state index < -0.39 is 0 Å². The van der Waals surface area contributed by atoms with E-state index in [-0.39, 0.29) is 11.5 Å². The Hall–Kier alpha value is -1.30. The summed E-state index contributed by atoms with van der Waals surface area (Å²) in [5.74, 6) is 0.580. The van der Waals surface area contributed by atoms with Crippen molar-refractivity contribution in [1.29, 1.82) is 0 Å². The van der Waals surface area contributed by atoms with Crippen LogP contribution in [-0.4, -0.2) is 62.7 Å². The van der Waals surface area contributed by atoms with Gasteiger partial charge in [0, 0.05) is 25.7 Å². The molecule has 0 atom stereocenters. The van der Waals surface area contributed by atoms with Crippen LogP contribution in [0.15, 0.2) is 4.99 Å². The number of hydrogen-bond donors (Lipinski definition) is 2. The molecule has 1 saturated carbocycles. The van der Waals surface area contributed by atoms with Crippen molar-refractivity contribution in [2.24, 2.45) is 4.99 Å². The van der Waals surface area contributed by atoms with E-state index in [1.165, 1.54) is 71.6 Å². The molecule has 138 valence electrons. The highest BCUT2D eigenvalue weighted by molar-refractivity contribution is 5.80. The third-order valence-electron chi connectivity index (χ3n) is 5.47. The molecule has 2 fully saturated rings. The number of aliphatic imine (C=N–C) groups is 1. The molecule has 0 aromatic rings. The van der Waals surface area contributed by atoms with Crippen molar-refractivity contribution in [3.05, 3.63) is 0 Å². The Bertz CT molecular complexity index is 413. The van der Waals surface area contributed by atoms with Crippen molar-refractivity contribution in [2.45, 2.75) is 63.3 Å². The Balaban J connectivity index is 1.87. The minimum Gasteiger partial charge on any atom is -0.469 e.